The van der Waals surface area contributed by atoms with Gasteiger partial charge in [-0.15, -0.1) is 0 Å². The van der Waals surface area contributed by atoms with Gasteiger partial charge >= 0.3 is 7.75 Å². The van der Waals surface area contributed by atoms with Crippen LogP contribution < -0.4 is 0 Å². The van der Waals surface area contributed by atoms with Gasteiger partial charge in [0, 0.05) is 0 Å². The molecule has 1 aromatic rings. The summed E-state index contributed by atoms with van der Waals surface area (Å²) in [6.07, 6.45) is 1.19. The molecule has 6 heteroatoms. The molecule has 0 heterocycles. The highest BCUT2D eigenvalue weighted by Gasteiger charge is 2.23. The van der Waals surface area contributed by atoms with Gasteiger partial charge in [0.2, 0.25) is 6.08 Å². The fourth-order valence-corrected chi connectivity index (χ4v) is 1.97. The van der Waals surface area contributed by atoms with Gasteiger partial charge in [0.25, 0.3) is 0 Å². The molecule has 0 amide bonds. The molecule has 0 aliphatic carbocycles. The van der Waals surface area contributed by atoms with Gasteiger partial charge in [-0.25, -0.2) is 9.36 Å². The summed E-state index contributed by atoms with van der Waals surface area (Å²) in [5.41, 5.74) is 0.823. The summed E-state index contributed by atoms with van der Waals surface area (Å²) in [5, 5.41) is 0. The van der Waals surface area contributed by atoms with Crippen molar-refractivity contribution in [3.8, 4) is 0 Å². The summed E-state index contributed by atoms with van der Waals surface area (Å²) in [7, 11) is -3.68. The van der Waals surface area contributed by atoms with E-state index in [1.54, 1.807) is 19.1 Å². The van der Waals surface area contributed by atoms with E-state index in [0.717, 1.165) is 5.56 Å². The minimum absolute atomic E-state index is 0.0727. The van der Waals surface area contributed by atoms with E-state index in [9.17, 15) is 9.36 Å². The first-order chi connectivity index (χ1) is 7.70. The summed E-state index contributed by atoms with van der Waals surface area (Å²) < 4.78 is 24.6. The highest BCUT2D eigenvalue weighted by Crippen LogP contribution is 2.49. The topological polar surface area (TPSA) is 65.0 Å². The molecule has 0 fully saturated rings. The predicted molar refractivity (Wildman–Crippen MR) is 58.6 cm³/mol. The Labute approximate surface area is 93.7 Å². The average molecular weight is 241 g/mol. The minimum atomic E-state index is -3.68. The fraction of sp³-hybridized carbons (Fsp3) is 0.300. The van der Waals surface area contributed by atoms with E-state index in [1.807, 2.05) is 18.2 Å². The lowest BCUT2D eigenvalue weighted by Crippen LogP contribution is -1.94. The van der Waals surface area contributed by atoms with Crippen LogP contribution in [0.5, 0.6) is 0 Å². The molecule has 0 spiro atoms. The van der Waals surface area contributed by atoms with Gasteiger partial charge in [-0.1, -0.05) is 35.1 Å². The second-order valence-electron chi connectivity index (χ2n) is 2.84. The molecule has 1 rings (SSSR count). The molecule has 0 aromatic heterocycles. The van der Waals surface area contributed by atoms with E-state index in [-0.39, 0.29) is 13.2 Å². The van der Waals surface area contributed by atoms with Crippen LogP contribution in [-0.2, 0) is 25.0 Å². The first kappa shape index (κ1) is 12.8. The van der Waals surface area contributed by atoms with Crippen molar-refractivity contribution in [1.82, 2.24) is 0 Å². The van der Waals surface area contributed by atoms with E-state index in [0.29, 0.717) is 0 Å². The molecule has 5 nitrogen and oxygen atoms in total. The van der Waals surface area contributed by atoms with Crippen LogP contribution in [0, 0.1) is 0 Å². The van der Waals surface area contributed by atoms with Crippen molar-refractivity contribution in [1.29, 1.82) is 0 Å². The molecule has 0 bridgehead atoms. The summed E-state index contributed by atoms with van der Waals surface area (Å²) >= 11 is 0. The fourth-order valence-electron chi connectivity index (χ4n) is 1.04. The summed E-state index contributed by atoms with van der Waals surface area (Å²) in [6, 6.07) is 9.12. The summed E-state index contributed by atoms with van der Waals surface area (Å²) in [4.78, 5) is 10.1. The third kappa shape index (κ3) is 4.09. The number of benzene rings is 1. The number of isocyanates is 1. The molecule has 1 aromatic carbocycles. The third-order valence-corrected chi connectivity index (χ3v) is 3.06. The molecular formula is C10H12NO4P. The third-order valence-electron chi connectivity index (χ3n) is 1.69. The van der Waals surface area contributed by atoms with Crippen LogP contribution >= 0.6 is 7.75 Å². The average Bonchev–Trinajstić information content (AvgIpc) is 2.29. The SMILES string of the molecule is CCOP(=O)(N=C=O)OCc1ccccc1. The van der Waals surface area contributed by atoms with Crippen LogP contribution in [0.25, 0.3) is 0 Å². The van der Waals surface area contributed by atoms with E-state index in [1.165, 1.54) is 6.08 Å². The largest absolute Gasteiger partial charge is 0.464 e. The van der Waals surface area contributed by atoms with Crippen molar-refractivity contribution in [2.75, 3.05) is 6.61 Å². The molecule has 16 heavy (non-hydrogen) atoms. The quantitative estimate of drug-likeness (QED) is 0.436. The van der Waals surface area contributed by atoms with E-state index >= 15 is 0 Å². The molecule has 0 saturated heterocycles. The first-order valence-corrected chi connectivity index (χ1v) is 6.22. The standard InChI is InChI=1S/C10H12NO4P/c1-2-14-16(13,11-9-12)15-8-10-6-4-3-5-7-10/h3-7H,2,8H2,1H3. The van der Waals surface area contributed by atoms with Crippen molar-refractivity contribution in [3.63, 3.8) is 0 Å². The van der Waals surface area contributed by atoms with Gasteiger partial charge in [-0.05, 0) is 12.5 Å². The van der Waals surface area contributed by atoms with Gasteiger partial charge in [-0.2, -0.15) is 0 Å². The Morgan fingerprint density at radius 3 is 2.56 bits per heavy atom. The second-order valence-corrected chi connectivity index (χ2v) is 4.49. The van der Waals surface area contributed by atoms with Crippen molar-refractivity contribution in [2.24, 2.45) is 4.76 Å². The van der Waals surface area contributed by atoms with Crippen LogP contribution in [-0.4, -0.2) is 12.7 Å². The predicted octanol–water partition coefficient (Wildman–Crippen LogP) is 2.68. The maximum atomic E-state index is 11.7. The molecule has 0 aliphatic heterocycles. The van der Waals surface area contributed by atoms with Crippen LogP contribution in [0.4, 0.5) is 0 Å². The number of rotatable bonds is 6. The van der Waals surface area contributed by atoms with E-state index < -0.39 is 7.75 Å². The molecule has 0 aliphatic rings. The molecular weight excluding hydrogens is 229 g/mol. The van der Waals surface area contributed by atoms with Gasteiger partial charge in [0.1, 0.15) is 0 Å². The number of carbonyl (C=O) groups excluding carboxylic acids is 1. The molecule has 1 atom stereocenters. The number of nitrogens with zero attached hydrogens (tertiary/aromatic N) is 1. The summed E-state index contributed by atoms with van der Waals surface area (Å²) in [6.45, 7) is 1.86. The van der Waals surface area contributed by atoms with Gasteiger partial charge in [-0.3, -0.25) is 9.05 Å². The Kier molecular flexibility index (Phi) is 5.09. The lowest BCUT2D eigenvalue weighted by molar-refractivity contribution is 0.205. The normalized spacial score (nSPS) is 13.8. The highest BCUT2D eigenvalue weighted by molar-refractivity contribution is 7.52. The Morgan fingerprint density at radius 1 is 1.31 bits per heavy atom. The molecule has 0 N–H and O–H groups in total. The molecule has 0 radical (unpaired) electrons. The van der Waals surface area contributed by atoms with Crippen molar-refractivity contribution in [2.45, 2.75) is 13.5 Å². The molecule has 0 saturated carbocycles. The van der Waals surface area contributed by atoms with Gasteiger partial charge < -0.3 is 0 Å². The van der Waals surface area contributed by atoms with Crippen LogP contribution in [0.15, 0.2) is 35.1 Å². The Bertz CT molecular complexity index is 414. The van der Waals surface area contributed by atoms with Gasteiger partial charge in [0.15, 0.2) is 0 Å². The highest BCUT2D eigenvalue weighted by atomic mass is 31.2. The van der Waals surface area contributed by atoms with Crippen molar-refractivity contribution < 1.29 is 18.4 Å². The van der Waals surface area contributed by atoms with Crippen LogP contribution in [0.1, 0.15) is 12.5 Å². The maximum absolute atomic E-state index is 11.7. The lowest BCUT2D eigenvalue weighted by Gasteiger charge is -2.10. The second kappa shape index (κ2) is 6.36. The van der Waals surface area contributed by atoms with Crippen LogP contribution in [0.3, 0.4) is 0 Å². The zero-order valence-corrected chi connectivity index (χ0v) is 9.72. The zero-order valence-electron chi connectivity index (χ0n) is 8.83. The summed E-state index contributed by atoms with van der Waals surface area (Å²) in [5.74, 6) is 0. The van der Waals surface area contributed by atoms with Crippen LogP contribution in [0.2, 0.25) is 0 Å². The Hall–Kier alpha value is -1.25. The number of hydrogen-bond acceptors (Lipinski definition) is 4. The maximum Gasteiger partial charge on any atom is 0.464 e. The zero-order chi connectivity index (χ0) is 11.9. The Morgan fingerprint density at radius 2 is 2.00 bits per heavy atom. The van der Waals surface area contributed by atoms with Crippen molar-refractivity contribution in [3.05, 3.63) is 35.9 Å². The Balaban J connectivity index is 2.64. The van der Waals surface area contributed by atoms with E-state index in [2.05, 4.69) is 4.76 Å². The molecule has 86 valence electrons. The minimum Gasteiger partial charge on any atom is -0.291 e. The first-order valence-electron chi connectivity index (χ1n) is 4.72. The number of hydrogen-bond donors (Lipinski definition) is 0. The lowest BCUT2D eigenvalue weighted by atomic mass is 10.2. The molecule has 1 unspecified atom stereocenters. The monoisotopic (exact) mass is 241 g/mol. The van der Waals surface area contributed by atoms with Crippen molar-refractivity contribution >= 4 is 13.8 Å². The van der Waals surface area contributed by atoms with E-state index in [4.69, 9.17) is 9.05 Å². The smallest absolute Gasteiger partial charge is 0.291 e. The van der Waals surface area contributed by atoms with Gasteiger partial charge in [0.05, 0.1) is 13.2 Å².